The number of amides is 1. The molecule has 1 aromatic heterocycles. The van der Waals surface area contributed by atoms with Crippen molar-refractivity contribution < 1.29 is 13.2 Å². The summed E-state index contributed by atoms with van der Waals surface area (Å²) in [6.07, 6.45) is 4.50. The molecule has 0 atom stereocenters. The second kappa shape index (κ2) is 5.21. The quantitative estimate of drug-likeness (QED) is 0.769. The van der Waals surface area contributed by atoms with Gasteiger partial charge in [-0.1, -0.05) is 6.07 Å². The average Bonchev–Trinajstić information content (AvgIpc) is 3.07. The van der Waals surface area contributed by atoms with Crippen molar-refractivity contribution in [2.45, 2.75) is 23.9 Å². The molecular formula is C13H14N4O3S. The van der Waals surface area contributed by atoms with Crippen molar-refractivity contribution in [2.75, 3.05) is 4.72 Å². The Morgan fingerprint density at radius 1 is 1.33 bits per heavy atom. The number of sulfonamides is 1. The van der Waals surface area contributed by atoms with E-state index in [0.29, 0.717) is 11.3 Å². The summed E-state index contributed by atoms with van der Waals surface area (Å²) >= 11 is 0. The number of H-pyrrole nitrogens is 1. The van der Waals surface area contributed by atoms with Crippen LogP contribution < -0.4 is 10.0 Å². The SMILES string of the molecule is O=C(NC1CC1)c1cccc(NS(=O)(=O)c2cnc[nH]2)c1. The summed E-state index contributed by atoms with van der Waals surface area (Å²) in [4.78, 5) is 18.1. The molecule has 0 aliphatic heterocycles. The van der Waals surface area contributed by atoms with Gasteiger partial charge in [0.15, 0.2) is 5.03 Å². The molecular weight excluding hydrogens is 292 g/mol. The van der Waals surface area contributed by atoms with E-state index in [1.54, 1.807) is 18.2 Å². The predicted molar refractivity (Wildman–Crippen MR) is 76.3 cm³/mol. The summed E-state index contributed by atoms with van der Waals surface area (Å²) in [7, 11) is -3.72. The number of anilines is 1. The molecule has 8 heteroatoms. The molecule has 1 saturated carbocycles. The lowest BCUT2D eigenvalue weighted by Gasteiger charge is -2.08. The third-order valence-electron chi connectivity index (χ3n) is 3.05. The number of aromatic amines is 1. The van der Waals surface area contributed by atoms with Gasteiger partial charge >= 0.3 is 0 Å². The van der Waals surface area contributed by atoms with Gasteiger partial charge < -0.3 is 10.3 Å². The van der Waals surface area contributed by atoms with E-state index in [0.717, 1.165) is 12.8 Å². The molecule has 21 heavy (non-hydrogen) atoms. The van der Waals surface area contributed by atoms with Gasteiger partial charge in [0.05, 0.1) is 12.5 Å². The standard InChI is InChI=1S/C13H14N4O3S/c18-13(16-10-4-5-10)9-2-1-3-11(6-9)17-21(19,20)12-7-14-8-15-12/h1-3,6-8,10,17H,4-5H2,(H,14,15)(H,16,18). The minimum Gasteiger partial charge on any atom is -0.349 e. The van der Waals surface area contributed by atoms with Crippen LogP contribution in [0.1, 0.15) is 23.2 Å². The largest absolute Gasteiger partial charge is 0.349 e. The van der Waals surface area contributed by atoms with Crippen LogP contribution in [0, 0.1) is 0 Å². The monoisotopic (exact) mass is 306 g/mol. The molecule has 1 aliphatic carbocycles. The van der Waals surface area contributed by atoms with E-state index in [1.807, 2.05) is 0 Å². The molecule has 1 aliphatic rings. The minimum absolute atomic E-state index is 0.0321. The van der Waals surface area contributed by atoms with Crippen molar-refractivity contribution in [3.63, 3.8) is 0 Å². The molecule has 0 unspecified atom stereocenters. The van der Waals surface area contributed by atoms with Gasteiger partial charge in [-0.05, 0) is 31.0 Å². The predicted octanol–water partition coefficient (Wildman–Crippen LogP) is 1.10. The molecule has 1 fully saturated rings. The first kappa shape index (κ1) is 13.6. The highest BCUT2D eigenvalue weighted by Gasteiger charge is 2.24. The molecule has 0 saturated heterocycles. The number of hydrogen-bond acceptors (Lipinski definition) is 4. The van der Waals surface area contributed by atoms with Gasteiger partial charge in [-0.2, -0.15) is 8.42 Å². The summed E-state index contributed by atoms with van der Waals surface area (Å²) in [6.45, 7) is 0. The first-order valence-corrected chi connectivity index (χ1v) is 7.95. The Balaban J connectivity index is 1.78. The van der Waals surface area contributed by atoms with Gasteiger partial charge in [0.25, 0.3) is 15.9 Å². The smallest absolute Gasteiger partial charge is 0.278 e. The number of nitrogens with zero attached hydrogens (tertiary/aromatic N) is 1. The summed E-state index contributed by atoms with van der Waals surface area (Å²) in [5.74, 6) is -0.194. The Morgan fingerprint density at radius 2 is 2.14 bits per heavy atom. The van der Waals surface area contributed by atoms with Gasteiger partial charge in [-0.3, -0.25) is 9.52 Å². The van der Waals surface area contributed by atoms with Gasteiger partial charge in [-0.25, -0.2) is 4.98 Å². The molecule has 1 amide bonds. The molecule has 110 valence electrons. The average molecular weight is 306 g/mol. The number of nitrogens with one attached hydrogen (secondary N) is 3. The number of aromatic nitrogens is 2. The maximum Gasteiger partial charge on any atom is 0.278 e. The fourth-order valence-electron chi connectivity index (χ4n) is 1.82. The summed E-state index contributed by atoms with van der Waals surface area (Å²) in [5, 5.41) is 2.82. The second-order valence-corrected chi connectivity index (χ2v) is 6.50. The van der Waals surface area contributed by atoms with E-state index in [1.165, 1.54) is 18.6 Å². The third-order valence-corrected chi connectivity index (χ3v) is 4.36. The Hall–Kier alpha value is -2.35. The van der Waals surface area contributed by atoms with Crippen molar-refractivity contribution in [3.8, 4) is 0 Å². The van der Waals surface area contributed by atoms with Crippen molar-refractivity contribution in [2.24, 2.45) is 0 Å². The number of imidazole rings is 1. The maximum absolute atomic E-state index is 12.0. The molecule has 1 heterocycles. The van der Waals surface area contributed by atoms with E-state index in [-0.39, 0.29) is 17.0 Å². The van der Waals surface area contributed by atoms with Crippen LogP contribution in [0.4, 0.5) is 5.69 Å². The molecule has 7 nitrogen and oxygen atoms in total. The number of rotatable bonds is 5. The van der Waals surface area contributed by atoms with Crippen LogP contribution in [0.5, 0.6) is 0 Å². The zero-order valence-corrected chi connectivity index (χ0v) is 11.9. The van der Waals surface area contributed by atoms with Crippen molar-refractivity contribution in [3.05, 3.63) is 42.4 Å². The van der Waals surface area contributed by atoms with Crippen LogP contribution in [-0.4, -0.2) is 30.3 Å². The molecule has 0 bridgehead atoms. The van der Waals surface area contributed by atoms with E-state index in [9.17, 15) is 13.2 Å². The third kappa shape index (κ3) is 3.22. The normalized spacial score (nSPS) is 14.7. The highest BCUT2D eigenvalue weighted by Crippen LogP contribution is 2.20. The highest BCUT2D eigenvalue weighted by molar-refractivity contribution is 7.92. The summed E-state index contributed by atoms with van der Waals surface area (Å²) in [5.41, 5.74) is 0.750. The van der Waals surface area contributed by atoms with Crippen LogP contribution in [0.15, 0.2) is 41.8 Å². The second-order valence-electron chi connectivity index (χ2n) is 4.85. The first-order valence-electron chi connectivity index (χ1n) is 6.47. The number of carbonyl (C=O) groups excluding carboxylic acids is 1. The fourth-order valence-corrected chi connectivity index (χ4v) is 2.78. The van der Waals surface area contributed by atoms with Gasteiger partial charge in [0.2, 0.25) is 0 Å². The lowest BCUT2D eigenvalue weighted by Crippen LogP contribution is -2.25. The molecule has 2 aromatic rings. The van der Waals surface area contributed by atoms with Crippen LogP contribution >= 0.6 is 0 Å². The zero-order valence-electron chi connectivity index (χ0n) is 11.0. The molecule has 3 rings (SSSR count). The summed E-state index contributed by atoms with van der Waals surface area (Å²) < 4.78 is 26.5. The lowest BCUT2D eigenvalue weighted by molar-refractivity contribution is 0.0951. The Bertz CT molecular complexity index is 751. The topological polar surface area (TPSA) is 104 Å². The minimum atomic E-state index is -3.72. The van der Waals surface area contributed by atoms with Gasteiger partial charge in [0, 0.05) is 17.3 Å². The Kier molecular flexibility index (Phi) is 3.38. The van der Waals surface area contributed by atoms with Crippen molar-refractivity contribution >= 4 is 21.6 Å². The Labute approximate surface area is 121 Å². The van der Waals surface area contributed by atoms with Crippen LogP contribution in [-0.2, 0) is 10.0 Å². The van der Waals surface area contributed by atoms with Crippen LogP contribution in [0.25, 0.3) is 0 Å². The number of benzene rings is 1. The molecule has 3 N–H and O–H groups in total. The van der Waals surface area contributed by atoms with Gasteiger partial charge in [-0.15, -0.1) is 0 Å². The number of hydrogen-bond donors (Lipinski definition) is 3. The van der Waals surface area contributed by atoms with E-state index < -0.39 is 10.0 Å². The lowest BCUT2D eigenvalue weighted by atomic mass is 10.2. The van der Waals surface area contributed by atoms with Crippen LogP contribution in [0.3, 0.4) is 0 Å². The van der Waals surface area contributed by atoms with E-state index in [4.69, 9.17) is 0 Å². The molecule has 0 radical (unpaired) electrons. The van der Waals surface area contributed by atoms with Crippen molar-refractivity contribution in [1.82, 2.24) is 15.3 Å². The van der Waals surface area contributed by atoms with E-state index >= 15 is 0 Å². The zero-order chi connectivity index (χ0) is 14.9. The fraction of sp³-hybridized carbons (Fsp3) is 0.231. The molecule has 0 spiro atoms. The molecule has 1 aromatic carbocycles. The highest BCUT2D eigenvalue weighted by atomic mass is 32.2. The van der Waals surface area contributed by atoms with Gasteiger partial charge in [0.1, 0.15) is 0 Å². The summed E-state index contributed by atoms with van der Waals surface area (Å²) in [6, 6.07) is 6.62. The number of carbonyl (C=O) groups is 1. The van der Waals surface area contributed by atoms with Crippen molar-refractivity contribution in [1.29, 1.82) is 0 Å². The van der Waals surface area contributed by atoms with E-state index in [2.05, 4.69) is 20.0 Å². The maximum atomic E-state index is 12.0. The Morgan fingerprint density at radius 3 is 2.81 bits per heavy atom. The first-order chi connectivity index (χ1) is 10.0. The van der Waals surface area contributed by atoms with Crippen LogP contribution in [0.2, 0.25) is 0 Å².